The molecule has 4 nitrogen and oxygen atoms in total. The van der Waals surface area contributed by atoms with E-state index in [4.69, 9.17) is 0 Å². The van der Waals surface area contributed by atoms with Crippen molar-refractivity contribution in [1.29, 1.82) is 0 Å². The second-order valence-corrected chi connectivity index (χ2v) is 22.4. The summed E-state index contributed by atoms with van der Waals surface area (Å²) in [5.74, 6) is 0. The van der Waals surface area contributed by atoms with Gasteiger partial charge in [-0.15, -0.1) is 0 Å². The number of aromatic nitrogens is 2. The molecule has 0 saturated heterocycles. The minimum atomic E-state index is -0.172. The molecule has 5 heteroatoms. The van der Waals surface area contributed by atoms with Gasteiger partial charge in [-0.1, -0.05) is 218 Å². The van der Waals surface area contributed by atoms with Crippen molar-refractivity contribution in [3.05, 3.63) is 297 Å². The summed E-state index contributed by atoms with van der Waals surface area (Å²) in [6.45, 7) is -0.172. The van der Waals surface area contributed by atoms with Crippen LogP contribution in [0, 0.1) is 0 Å². The number of para-hydroxylation sites is 4. The highest BCUT2D eigenvalue weighted by atomic mass is 15.2. The summed E-state index contributed by atoms with van der Waals surface area (Å²) in [7, 11) is 0. The Balaban J connectivity index is 1.01. The average Bonchev–Trinajstić information content (AvgIpc) is 2.67. The van der Waals surface area contributed by atoms with Gasteiger partial charge in [-0.05, 0) is 140 Å². The molecular formula is C78H49BN4. The van der Waals surface area contributed by atoms with Crippen molar-refractivity contribution in [1.82, 2.24) is 9.13 Å². The van der Waals surface area contributed by atoms with Gasteiger partial charge in [-0.2, -0.15) is 0 Å². The quantitative estimate of drug-likeness (QED) is 0.154. The van der Waals surface area contributed by atoms with Gasteiger partial charge in [0.05, 0.1) is 33.4 Å². The van der Waals surface area contributed by atoms with Gasteiger partial charge in [-0.3, -0.25) is 0 Å². The SMILES string of the molecule is c1ccc(-c2cccc(N3c4cc(-n5c6ccccc6c6ccccc65)ccc4B4c5cc(-c6ccccc6)cc6c5N(c5ccc(-c7ccccc7)cc5-c5ccccc5-6)c5cc(-n6c7ccccc7c7ccccc76)cc3c54)c2)cc1. The van der Waals surface area contributed by atoms with E-state index < -0.39 is 0 Å². The molecule has 0 radical (unpaired) electrons. The zero-order valence-electron chi connectivity index (χ0n) is 45.2. The molecule has 15 aromatic rings. The zero-order chi connectivity index (χ0) is 54.3. The molecule has 0 spiro atoms. The maximum atomic E-state index is 2.66. The van der Waals surface area contributed by atoms with E-state index in [1.807, 2.05) is 0 Å². The van der Waals surface area contributed by atoms with Crippen molar-refractivity contribution < 1.29 is 0 Å². The van der Waals surface area contributed by atoms with Crippen LogP contribution in [0.15, 0.2) is 297 Å². The summed E-state index contributed by atoms with van der Waals surface area (Å²) in [4.78, 5) is 5.26. The third-order valence-corrected chi connectivity index (χ3v) is 18.0. The standard InChI is InChI=1S/C78H49BN4/c1-4-21-50(22-5-1)53-27-20-28-56(43-53)81-74-47-57(80-69-35-16-12-31-61(69)62-32-13-17-36-70(62)80)40-41-67(74)79-68-46-55(52-25-8-3-9-26-52)45-66-60-30-11-10-29-59(60)65-44-54(51-23-6-2-7-24-51)39-42-73(65)83(78(66)68)76-49-58(48-75(81)77(76)79)82-71-37-18-14-33-63(71)64-34-15-19-38-72(64)82/h1-49H. The Hall–Kier alpha value is -10.9. The minimum absolute atomic E-state index is 0.172. The molecule has 13 aromatic carbocycles. The van der Waals surface area contributed by atoms with E-state index in [9.17, 15) is 0 Å². The van der Waals surface area contributed by atoms with E-state index in [1.165, 1.54) is 116 Å². The molecule has 0 unspecified atom stereocenters. The van der Waals surface area contributed by atoms with E-state index in [2.05, 4.69) is 316 Å². The van der Waals surface area contributed by atoms with Crippen LogP contribution in [0.2, 0.25) is 0 Å². The fourth-order valence-corrected chi connectivity index (χ4v) is 14.5. The predicted molar refractivity (Wildman–Crippen MR) is 350 cm³/mol. The monoisotopic (exact) mass is 1050 g/mol. The smallest absolute Gasteiger partial charge is 0.252 e. The lowest BCUT2D eigenvalue weighted by Gasteiger charge is -2.45. The lowest BCUT2D eigenvalue weighted by atomic mass is 9.33. The number of nitrogens with zero attached hydrogens (tertiary/aromatic N) is 4. The molecule has 0 N–H and O–H groups in total. The molecule has 0 atom stereocenters. The van der Waals surface area contributed by atoms with Crippen LogP contribution in [0.3, 0.4) is 0 Å². The summed E-state index contributed by atoms with van der Waals surface area (Å²) in [6, 6.07) is 111. The van der Waals surface area contributed by atoms with Crippen LogP contribution >= 0.6 is 0 Å². The maximum absolute atomic E-state index is 2.66. The van der Waals surface area contributed by atoms with Crippen molar-refractivity contribution in [2.75, 3.05) is 9.80 Å². The van der Waals surface area contributed by atoms with Gasteiger partial charge in [-0.25, -0.2) is 0 Å². The fraction of sp³-hybridized carbons (Fsp3) is 0. The first kappa shape index (κ1) is 45.9. The molecule has 3 aliphatic heterocycles. The molecule has 0 saturated carbocycles. The topological polar surface area (TPSA) is 16.3 Å². The Morgan fingerprint density at radius 1 is 0.229 bits per heavy atom. The Bertz CT molecular complexity index is 5070. The zero-order valence-corrected chi connectivity index (χ0v) is 45.2. The van der Waals surface area contributed by atoms with Crippen LogP contribution in [-0.2, 0) is 0 Å². The molecule has 18 rings (SSSR count). The van der Waals surface area contributed by atoms with Gasteiger partial charge in [0, 0.05) is 66.8 Å². The van der Waals surface area contributed by atoms with Crippen molar-refractivity contribution in [2.24, 2.45) is 0 Å². The maximum Gasteiger partial charge on any atom is 0.252 e. The molecule has 384 valence electrons. The van der Waals surface area contributed by atoms with Crippen molar-refractivity contribution in [3.8, 4) is 67.0 Å². The lowest BCUT2D eigenvalue weighted by molar-refractivity contribution is 1.15. The van der Waals surface area contributed by atoms with E-state index in [0.29, 0.717) is 0 Å². The first-order valence-corrected chi connectivity index (χ1v) is 28.8. The predicted octanol–water partition coefficient (Wildman–Crippen LogP) is 18.6. The summed E-state index contributed by atoms with van der Waals surface area (Å²) in [6.07, 6.45) is 0. The highest BCUT2D eigenvalue weighted by Crippen LogP contribution is 2.55. The largest absolute Gasteiger partial charge is 0.311 e. The molecule has 0 bridgehead atoms. The molecule has 5 heterocycles. The number of hydrogen-bond donors (Lipinski definition) is 0. The van der Waals surface area contributed by atoms with Crippen LogP contribution in [0.4, 0.5) is 34.1 Å². The van der Waals surface area contributed by atoms with Gasteiger partial charge in [0.15, 0.2) is 0 Å². The summed E-state index contributed by atoms with van der Waals surface area (Å²) >= 11 is 0. The molecular weight excluding hydrogens is 1000 g/mol. The van der Waals surface area contributed by atoms with E-state index in [1.54, 1.807) is 0 Å². The summed E-state index contributed by atoms with van der Waals surface area (Å²) < 4.78 is 4.99. The fourth-order valence-electron chi connectivity index (χ4n) is 14.5. The van der Waals surface area contributed by atoms with Gasteiger partial charge < -0.3 is 18.9 Å². The van der Waals surface area contributed by atoms with Crippen molar-refractivity contribution in [3.63, 3.8) is 0 Å². The number of hydrogen-bond acceptors (Lipinski definition) is 2. The molecule has 0 aliphatic carbocycles. The molecule has 3 aliphatic rings. The average molecular weight is 1050 g/mol. The third-order valence-electron chi connectivity index (χ3n) is 18.0. The first-order chi connectivity index (χ1) is 41.2. The molecule has 2 aromatic heterocycles. The van der Waals surface area contributed by atoms with Gasteiger partial charge in [0.2, 0.25) is 0 Å². The molecule has 0 amide bonds. The van der Waals surface area contributed by atoms with Crippen LogP contribution in [-0.4, -0.2) is 15.8 Å². The third kappa shape index (κ3) is 6.77. The molecule has 83 heavy (non-hydrogen) atoms. The lowest BCUT2D eigenvalue weighted by Crippen LogP contribution is -2.61. The second kappa shape index (κ2) is 17.8. The first-order valence-electron chi connectivity index (χ1n) is 28.8. The summed E-state index contributed by atoms with van der Waals surface area (Å²) in [5, 5.41) is 4.93. The van der Waals surface area contributed by atoms with Crippen LogP contribution in [0.25, 0.3) is 111 Å². The van der Waals surface area contributed by atoms with Crippen molar-refractivity contribution >= 4 is 101 Å². The molecule has 0 fully saturated rings. The second-order valence-electron chi connectivity index (χ2n) is 22.4. The van der Waals surface area contributed by atoms with E-state index in [-0.39, 0.29) is 6.71 Å². The Morgan fingerprint density at radius 2 is 0.687 bits per heavy atom. The van der Waals surface area contributed by atoms with E-state index >= 15 is 0 Å². The van der Waals surface area contributed by atoms with Crippen LogP contribution < -0.4 is 26.2 Å². The van der Waals surface area contributed by atoms with Crippen LogP contribution in [0.5, 0.6) is 0 Å². The number of rotatable bonds is 6. The normalized spacial score (nSPS) is 12.7. The Morgan fingerprint density at radius 3 is 1.28 bits per heavy atom. The van der Waals surface area contributed by atoms with Gasteiger partial charge in [0.1, 0.15) is 0 Å². The summed E-state index contributed by atoms with van der Waals surface area (Å²) in [5.41, 5.74) is 29.5. The minimum Gasteiger partial charge on any atom is -0.311 e. The van der Waals surface area contributed by atoms with Gasteiger partial charge in [0.25, 0.3) is 6.71 Å². The highest BCUT2D eigenvalue weighted by Gasteiger charge is 2.46. The highest BCUT2D eigenvalue weighted by molar-refractivity contribution is 7.00. The number of benzene rings is 13. The Labute approximate surface area is 481 Å². The Kier molecular flexibility index (Phi) is 9.86. The van der Waals surface area contributed by atoms with Crippen molar-refractivity contribution in [2.45, 2.75) is 0 Å². The van der Waals surface area contributed by atoms with Gasteiger partial charge >= 0.3 is 0 Å². The number of fused-ring (bicyclic) bond motifs is 15. The van der Waals surface area contributed by atoms with Crippen LogP contribution in [0.1, 0.15) is 0 Å². The van der Waals surface area contributed by atoms with E-state index in [0.717, 1.165) is 45.4 Å². The number of anilines is 6.